The van der Waals surface area contributed by atoms with Gasteiger partial charge in [0.1, 0.15) is 0 Å². The molecule has 0 saturated heterocycles. The van der Waals surface area contributed by atoms with Crippen molar-refractivity contribution in [3.8, 4) is 11.5 Å². The number of hydrogen-bond donors (Lipinski definition) is 0. The van der Waals surface area contributed by atoms with Gasteiger partial charge < -0.3 is 9.32 Å². The van der Waals surface area contributed by atoms with Crippen LogP contribution in [0.25, 0.3) is 11.5 Å². The van der Waals surface area contributed by atoms with E-state index in [2.05, 4.69) is 10.2 Å². The Bertz CT molecular complexity index is 727. The van der Waals surface area contributed by atoms with Gasteiger partial charge in [-0.3, -0.25) is 0 Å². The van der Waals surface area contributed by atoms with Crippen LogP contribution in [-0.4, -0.2) is 17.2 Å². The first-order chi connectivity index (χ1) is 10.2. The molecule has 0 bridgehead atoms. The van der Waals surface area contributed by atoms with Crippen molar-refractivity contribution >= 4 is 17.3 Å². The molecule has 106 valence electrons. The molecule has 0 radical (unpaired) electrons. The van der Waals surface area contributed by atoms with Crippen molar-refractivity contribution in [3.63, 3.8) is 0 Å². The number of rotatable bonds is 4. The van der Waals surface area contributed by atoms with Crippen molar-refractivity contribution in [1.29, 1.82) is 0 Å². The second kappa shape index (κ2) is 5.97. The Morgan fingerprint density at radius 3 is 2.48 bits per heavy atom. The molecule has 0 saturated carbocycles. The van der Waals surface area contributed by atoms with Gasteiger partial charge in [0, 0.05) is 12.7 Å². The molecule has 0 aliphatic carbocycles. The highest BCUT2D eigenvalue weighted by molar-refractivity contribution is 6.33. The van der Waals surface area contributed by atoms with Crippen molar-refractivity contribution < 1.29 is 4.42 Å². The van der Waals surface area contributed by atoms with Gasteiger partial charge in [-0.1, -0.05) is 41.9 Å². The lowest BCUT2D eigenvalue weighted by Crippen LogP contribution is -2.16. The molecule has 0 N–H and O–H groups in total. The van der Waals surface area contributed by atoms with Crippen LogP contribution in [0.4, 0.5) is 5.69 Å². The highest BCUT2D eigenvalue weighted by atomic mass is 35.5. The van der Waals surface area contributed by atoms with Crippen LogP contribution >= 0.6 is 11.6 Å². The molecule has 0 unspecified atom stereocenters. The van der Waals surface area contributed by atoms with Crippen LogP contribution in [0.3, 0.4) is 0 Å². The lowest BCUT2D eigenvalue weighted by atomic mass is 10.2. The SMILES string of the molecule is CN(Cc1nnc(-c2ccccc2Cl)o1)c1ccccc1. The second-order valence-electron chi connectivity index (χ2n) is 4.67. The average molecular weight is 300 g/mol. The summed E-state index contributed by atoms with van der Waals surface area (Å²) in [5.41, 5.74) is 1.84. The van der Waals surface area contributed by atoms with Crippen LogP contribution in [0.2, 0.25) is 5.02 Å². The van der Waals surface area contributed by atoms with Gasteiger partial charge in [0.2, 0.25) is 11.8 Å². The summed E-state index contributed by atoms with van der Waals surface area (Å²) in [6, 6.07) is 17.5. The van der Waals surface area contributed by atoms with Gasteiger partial charge in [0.15, 0.2) is 0 Å². The van der Waals surface area contributed by atoms with E-state index >= 15 is 0 Å². The fourth-order valence-electron chi connectivity index (χ4n) is 2.04. The van der Waals surface area contributed by atoms with Gasteiger partial charge in [-0.25, -0.2) is 0 Å². The van der Waals surface area contributed by atoms with Crippen LogP contribution < -0.4 is 4.90 Å². The van der Waals surface area contributed by atoms with Crippen LogP contribution in [0.5, 0.6) is 0 Å². The Morgan fingerprint density at radius 2 is 1.71 bits per heavy atom. The molecular formula is C16H14ClN3O. The number of aromatic nitrogens is 2. The second-order valence-corrected chi connectivity index (χ2v) is 5.08. The van der Waals surface area contributed by atoms with Gasteiger partial charge in [0.05, 0.1) is 17.1 Å². The number of anilines is 1. The van der Waals surface area contributed by atoms with E-state index in [-0.39, 0.29) is 0 Å². The average Bonchev–Trinajstić information content (AvgIpc) is 2.97. The smallest absolute Gasteiger partial charge is 0.249 e. The maximum absolute atomic E-state index is 6.13. The molecule has 0 fully saturated rings. The van der Waals surface area contributed by atoms with E-state index < -0.39 is 0 Å². The third kappa shape index (κ3) is 3.06. The summed E-state index contributed by atoms with van der Waals surface area (Å²) >= 11 is 6.13. The van der Waals surface area contributed by atoms with Gasteiger partial charge in [-0.15, -0.1) is 10.2 Å². The molecule has 0 atom stereocenters. The summed E-state index contributed by atoms with van der Waals surface area (Å²) in [6.45, 7) is 0.543. The number of halogens is 1. The zero-order chi connectivity index (χ0) is 14.7. The Kier molecular flexibility index (Phi) is 3.88. The molecule has 0 amide bonds. The normalized spacial score (nSPS) is 10.6. The molecule has 4 nitrogen and oxygen atoms in total. The van der Waals surface area contributed by atoms with E-state index in [1.807, 2.05) is 60.5 Å². The standard InChI is InChI=1S/C16H14ClN3O/c1-20(12-7-3-2-4-8-12)11-15-18-19-16(21-15)13-9-5-6-10-14(13)17/h2-10H,11H2,1H3. The van der Waals surface area contributed by atoms with Crippen molar-refractivity contribution in [1.82, 2.24) is 10.2 Å². The minimum atomic E-state index is 0.442. The van der Waals surface area contributed by atoms with Gasteiger partial charge in [0.25, 0.3) is 0 Å². The van der Waals surface area contributed by atoms with Crippen LogP contribution in [0.1, 0.15) is 5.89 Å². The highest BCUT2D eigenvalue weighted by Gasteiger charge is 2.12. The van der Waals surface area contributed by atoms with E-state index in [1.165, 1.54) is 0 Å². The molecule has 1 heterocycles. The molecule has 0 aliphatic heterocycles. The maximum Gasteiger partial charge on any atom is 0.249 e. The van der Waals surface area contributed by atoms with Crippen molar-refractivity contribution in [2.24, 2.45) is 0 Å². The van der Waals surface area contributed by atoms with Gasteiger partial charge >= 0.3 is 0 Å². The summed E-state index contributed by atoms with van der Waals surface area (Å²) in [4.78, 5) is 2.05. The Hall–Kier alpha value is -2.33. The number of benzene rings is 2. The summed E-state index contributed by atoms with van der Waals surface area (Å²) < 4.78 is 5.69. The predicted molar refractivity (Wildman–Crippen MR) is 83.3 cm³/mol. The molecule has 1 aromatic heterocycles. The number of hydrogen-bond acceptors (Lipinski definition) is 4. The molecule has 3 rings (SSSR count). The van der Waals surface area contributed by atoms with Crippen molar-refractivity contribution in [2.45, 2.75) is 6.54 Å². The number of nitrogens with zero attached hydrogens (tertiary/aromatic N) is 3. The third-order valence-electron chi connectivity index (χ3n) is 3.14. The van der Waals surface area contributed by atoms with Gasteiger partial charge in [-0.2, -0.15) is 0 Å². The summed E-state index contributed by atoms with van der Waals surface area (Å²) in [6.07, 6.45) is 0. The Morgan fingerprint density at radius 1 is 1.00 bits per heavy atom. The minimum absolute atomic E-state index is 0.442. The van der Waals surface area contributed by atoms with E-state index in [1.54, 1.807) is 6.07 Å². The topological polar surface area (TPSA) is 42.2 Å². The molecule has 5 heteroatoms. The predicted octanol–water partition coefficient (Wildman–Crippen LogP) is 4.03. The maximum atomic E-state index is 6.13. The number of para-hydroxylation sites is 1. The highest BCUT2D eigenvalue weighted by Crippen LogP contribution is 2.26. The van der Waals surface area contributed by atoms with E-state index in [4.69, 9.17) is 16.0 Å². The molecule has 21 heavy (non-hydrogen) atoms. The van der Waals surface area contributed by atoms with Crippen LogP contribution in [0.15, 0.2) is 59.0 Å². The zero-order valence-corrected chi connectivity index (χ0v) is 12.3. The summed E-state index contributed by atoms with van der Waals surface area (Å²) in [5.74, 6) is 0.994. The van der Waals surface area contributed by atoms with E-state index in [0.29, 0.717) is 23.3 Å². The van der Waals surface area contributed by atoms with Gasteiger partial charge in [-0.05, 0) is 24.3 Å². The lowest BCUT2D eigenvalue weighted by Gasteiger charge is -2.16. The fraction of sp³-hybridized carbons (Fsp3) is 0.125. The largest absolute Gasteiger partial charge is 0.419 e. The minimum Gasteiger partial charge on any atom is -0.419 e. The lowest BCUT2D eigenvalue weighted by molar-refractivity contribution is 0.503. The van der Waals surface area contributed by atoms with Crippen LogP contribution in [0, 0.1) is 0 Å². The molecule has 2 aromatic carbocycles. The van der Waals surface area contributed by atoms with E-state index in [9.17, 15) is 0 Å². The molecule has 0 aliphatic rings. The fourth-order valence-corrected chi connectivity index (χ4v) is 2.25. The monoisotopic (exact) mass is 299 g/mol. The first-order valence-corrected chi connectivity index (χ1v) is 6.95. The summed E-state index contributed by atoms with van der Waals surface area (Å²) in [7, 11) is 1.98. The Balaban J connectivity index is 1.78. The van der Waals surface area contributed by atoms with Crippen molar-refractivity contribution in [3.05, 3.63) is 65.5 Å². The van der Waals surface area contributed by atoms with E-state index in [0.717, 1.165) is 11.3 Å². The summed E-state index contributed by atoms with van der Waals surface area (Å²) in [5, 5.41) is 8.75. The third-order valence-corrected chi connectivity index (χ3v) is 3.47. The first kappa shape index (κ1) is 13.6. The Labute approximate surface area is 128 Å². The molecule has 0 spiro atoms. The first-order valence-electron chi connectivity index (χ1n) is 6.57. The quantitative estimate of drug-likeness (QED) is 0.729. The van der Waals surface area contributed by atoms with Crippen LogP contribution in [-0.2, 0) is 6.54 Å². The molecule has 3 aromatic rings. The van der Waals surface area contributed by atoms with Crippen molar-refractivity contribution in [2.75, 3.05) is 11.9 Å². The molecular weight excluding hydrogens is 286 g/mol. The zero-order valence-electron chi connectivity index (χ0n) is 11.5.